The number of amides is 3. The molecule has 0 unspecified atom stereocenters. The van der Waals surface area contributed by atoms with Crippen LogP contribution in [0.15, 0.2) is 36.4 Å². The van der Waals surface area contributed by atoms with Gasteiger partial charge in [-0.15, -0.1) is 0 Å². The van der Waals surface area contributed by atoms with Crippen molar-refractivity contribution in [3.63, 3.8) is 0 Å². The van der Waals surface area contributed by atoms with E-state index in [0.29, 0.717) is 16.7 Å². The molecule has 0 atom stereocenters. The summed E-state index contributed by atoms with van der Waals surface area (Å²) in [6, 6.07) is 10.1. The van der Waals surface area contributed by atoms with Crippen LogP contribution in [-0.2, 0) is 9.53 Å². The molecule has 1 aliphatic rings. The summed E-state index contributed by atoms with van der Waals surface area (Å²) >= 11 is 0. The van der Waals surface area contributed by atoms with Crippen molar-refractivity contribution >= 4 is 28.7 Å². The van der Waals surface area contributed by atoms with E-state index in [-0.39, 0.29) is 6.04 Å². The van der Waals surface area contributed by atoms with Crippen LogP contribution in [0.3, 0.4) is 0 Å². The Bertz CT molecular complexity index is 829. The second-order valence-corrected chi connectivity index (χ2v) is 5.73. The molecule has 2 N–H and O–H groups in total. The van der Waals surface area contributed by atoms with Gasteiger partial charge in [0.05, 0.1) is 12.7 Å². The van der Waals surface area contributed by atoms with Crippen LogP contribution in [-0.4, -0.2) is 37.7 Å². The van der Waals surface area contributed by atoms with Crippen LogP contribution in [0.1, 0.15) is 23.2 Å². The van der Waals surface area contributed by atoms with Gasteiger partial charge in [0.1, 0.15) is 5.75 Å². The summed E-state index contributed by atoms with van der Waals surface area (Å²) in [7, 11) is 1.55. The molecule has 0 aromatic heterocycles. The van der Waals surface area contributed by atoms with E-state index in [1.807, 2.05) is 12.1 Å². The predicted octanol–water partition coefficient (Wildman–Crippen LogP) is 1.99. The van der Waals surface area contributed by atoms with Gasteiger partial charge in [-0.25, -0.2) is 9.59 Å². The number of fused-ring (bicyclic) bond motifs is 1. The maximum Gasteiger partial charge on any atom is 0.339 e. The summed E-state index contributed by atoms with van der Waals surface area (Å²) in [5, 5.41) is 6.18. The summed E-state index contributed by atoms with van der Waals surface area (Å²) in [5.41, 5.74) is 0.326. The fourth-order valence-electron chi connectivity index (χ4n) is 2.45. The lowest BCUT2D eigenvalue weighted by Crippen LogP contribution is -2.42. The zero-order valence-electron chi connectivity index (χ0n) is 13.7. The number of benzene rings is 2. The van der Waals surface area contributed by atoms with Gasteiger partial charge < -0.3 is 14.8 Å². The van der Waals surface area contributed by atoms with E-state index in [4.69, 9.17) is 9.47 Å². The van der Waals surface area contributed by atoms with Crippen LogP contribution in [0.25, 0.3) is 10.8 Å². The Morgan fingerprint density at radius 1 is 1.08 bits per heavy atom. The highest BCUT2D eigenvalue weighted by Gasteiger charge is 2.24. The van der Waals surface area contributed by atoms with E-state index in [0.717, 1.165) is 18.2 Å². The summed E-state index contributed by atoms with van der Waals surface area (Å²) in [5.74, 6) is -0.678. The van der Waals surface area contributed by atoms with Crippen molar-refractivity contribution < 1.29 is 23.9 Å². The highest BCUT2D eigenvalue weighted by Crippen LogP contribution is 2.28. The molecule has 3 amide bonds. The van der Waals surface area contributed by atoms with E-state index >= 15 is 0 Å². The van der Waals surface area contributed by atoms with E-state index in [9.17, 15) is 14.4 Å². The number of methoxy groups -OCH3 is 1. The molecule has 0 aliphatic heterocycles. The first-order valence-corrected chi connectivity index (χ1v) is 7.91. The first-order chi connectivity index (χ1) is 12.1. The van der Waals surface area contributed by atoms with Gasteiger partial charge in [0.15, 0.2) is 6.61 Å². The third-order valence-corrected chi connectivity index (χ3v) is 3.82. The molecule has 1 saturated carbocycles. The third-order valence-electron chi connectivity index (χ3n) is 3.82. The Kier molecular flexibility index (Phi) is 4.83. The lowest BCUT2D eigenvalue weighted by molar-refractivity contribution is -0.123. The number of imide groups is 1. The van der Waals surface area contributed by atoms with Crippen molar-refractivity contribution in [2.24, 2.45) is 0 Å². The number of carbonyl (C=O) groups excluding carboxylic acids is 3. The molecular formula is C18H18N2O5. The molecule has 1 aliphatic carbocycles. The zero-order valence-corrected chi connectivity index (χ0v) is 13.7. The maximum absolute atomic E-state index is 12.3. The molecule has 2 aromatic carbocycles. The number of hydrogen-bond acceptors (Lipinski definition) is 5. The highest BCUT2D eigenvalue weighted by atomic mass is 16.5. The summed E-state index contributed by atoms with van der Waals surface area (Å²) in [4.78, 5) is 35.4. The fraction of sp³-hybridized carbons (Fsp3) is 0.278. The highest BCUT2D eigenvalue weighted by molar-refractivity contribution is 6.07. The molecule has 25 heavy (non-hydrogen) atoms. The summed E-state index contributed by atoms with van der Waals surface area (Å²) < 4.78 is 10.3. The van der Waals surface area contributed by atoms with Gasteiger partial charge >= 0.3 is 12.0 Å². The third kappa shape index (κ3) is 4.06. The number of nitrogens with one attached hydrogen (secondary N) is 2. The number of rotatable bonds is 5. The molecule has 130 valence electrons. The minimum Gasteiger partial charge on any atom is -0.496 e. The lowest BCUT2D eigenvalue weighted by atomic mass is 10.0. The molecule has 0 bridgehead atoms. The van der Waals surface area contributed by atoms with Gasteiger partial charge in [-0.1, -0.05) is 24.3 Å². The fourth-order valence-corrected chi connectivity index (χ4v) is 2.45. The van der Waals surface area contributed by atoms with Crippen LogP contribution in [0.2, 0.25) is 0 Å². The number of urea groups is 1. The van der Waals surface area contributed by atoms with Gasteiger partial charge in [0, 0.05) is 11.4 Å². The topological polar surface area (TPSA) is 93.7 Å². The molecule has 3 rings (SSSR count). The lowest BCUT2D eigenvalue weighted by Gasteiger charge is -2.10. The molecule has 0 spiro atoms. The molecule has 0 radical (unpaired) electrons. The summed E-state index contributed by atoms with van der Waals surface area (Å²) in [6.07, 6.45) is 1.84. The van der Waals surface area contributed by atoms with E-state index < -0.39 is 24.5 Å². The minimum absolute atomic E-state index is 0.140. The Balaban J connectivity index is 1.64. The first kappa shape index (κ1) is 16.8. The average molecular weight is 342 g/mol. The monoisotopic (exact) mass is 342 g/mol. The van der Waals surface area contributed by atoms with Crippen LogP contribution in [0.4, 0.5) is 4.79 Å². The van der Waals surface area contributed by atoms with Gasteiger partial charge in [-0.05, 0) is 30.4 Å². The zero-order chi connectivity index (χ0) is 17.8. The van der Waals surface area contributed by atoms with E-state index in [1.54, 1.807) is 31.4 Å². The van der Waals surface area contributed by atoms with Gasteiger partial charge in [0.2, 0.25) is 0 Å². The second kappa shape index (κ2) is 7.21. The van der Waals surface area contributed by atoms with Crippen LogP contribution in [0.5, 0.6) is 5.75 Å². The van der Waals surface area contributed by atoms with Gasteiger partial charge in [0.25, 0.3) is 5.91 Å². The van der Waals surface area contributed by atoms with Crippen molar-refractivity contribution in [2.45, 2.75) is 18.9 Å². The molecule has 0 heterocycles. The normalized spacial score (nSPS) is 13.2. The predicted molar refractivity (Wildman–Crippen MR) is 90.5 cm³/mol. The van der Waals surface area contributed by atoms with Gasteiger partial charge in [-0.2, -0.15) is 0 Å². The molecule has 2 aromatic rings. The van der Waals surface area contributed by atoms with E-state index in [2.05, 4.69) is 10.6 Å². The molecular weight excluding hydrogens is 324 g/mol. The number of carbonyl (C=O) groups is 3. The minimum atomic E-state index is -0.677. The van der Waals surface area contributed by atoms with Crippen molar-refractivity contribution in [1.82, 2.24) is 10.6 Å². The van der Waals surface area contributed by atoms with Crippen LogP contribution < -0.4 is 15.4 Å². The Labute approximate surface area is 144 Å². The van der Waals surface area contributed by atoms with Crippen LogP contribution >= 0.6 is 0 Å². The van der Waals surface area contributed by atoms with Crippen molar-refractivity contribution in [1.29, 1.82) is 0 Å². The maximum atomic E-state index is 12.3. The molecule has 7 nitrogen and oxygen atoms in total. The van der Waals surface area contributed by atoms with E-state index in [1.165, 1.54) is 0 Å². The molecule has 7 heteroatoms. The number of esters is 1. The largest absolute Gasteiger partial charge is 0.496 e. The van der Waals surface area contributed by atoms with Crippen molar-refractivity contribution in [3.05, 3.63) is 42.0 Å². The number of ether oxygens (including phenoxy) is 2. The number of hydrogen-bond donors (Lipinski definition) is 2. The molecule has 0 saturated heterocycles. The van der Waals surface area contributed by atoms with Crippen molar-refractivity contribution in [2.75, 3.05) is 13.7 Å². The van der Waals surface area contributed by atoms with Crippen LogP contribution in [0, 0.1) is 0 Å². The average Bonchev–Trinajstić information content (AvgIpc) is 3.42. The Hall–Kier alpha value is -3.09. The quantitative estimate of drug-likeness (QED) is 0.811. The first-order valence-electron chi connectivity index (χ1n) is 7.91. The molecule has 1 fully saturated rings. The van der Waals surface area contributed by atoms with Crippen molar-refractivity contribution in [3.8, 4) is 5.75 Å². The summed E-state index contributed by atoms with van der Waals surface area (Å²) in [6.45, 7) is -0.530. The Morgan fingerprint density at radius 2 is 1.80 bits per heavy atom. The Morgan fingerprint density at radius 3 is 2.48 bits per heavy atom. The van der Waals surface area contributed by atoms with Gasteiger partial charge in [-0.3, -0.25) is 10.1 Å². The second-order valence-electron chi connectivity index (χ2n) is 5.73. The SMILES string of the molecule is COc1ccc(C(=O)OCC(=O)NC(=O)NC2CC2)c2ccccc12. The standard InChI is InChI=1S/C18H18N2O5/c1-24-15-9-8-14(12-4-2-3-5-13(12)15)17(22)25-10-16(21)20-18(23)19-11-6-7-11/h2-5,8-9,11H,6-7,10H2,1H3,(H2,19,20,21,23). The smallest absolute Gasteiger partial charge is 0.339 e.